The van der Waals surface area contributed by atoms with E-state index in [9.17, 15) is 10.1 Å². The van der Waals surface area contributed by atoms with Crippen molar-refractivity contribution in [1.29, 1.82) is 5.26 Å². The molecule has 19 heavy (non-hydrogen) atoms. The molecule has 0 N–H and O–H groups in total. The number of hydrogen-bond donors (Lipinski definition) is 0. The number of carbonyl (C=O) groups is 1. The van der Waals surface area contributed by atoms with Gasteiger partial charge in [-0.25, -0.2) is 0 Å². The predicted molar refractivity (Wildman–Crippen MR) is 69.7 cm³/mol. The van der Waals surface area contributed by atoms with Crippen LogP contribution in [0.3, 0.4) is 0 Å². The van der Waals surface area contributed by atoms with Crippen LogP contribution in [-0.4, -0.2) is 12.6 Å². The summed E-state index contributed by atoms with van der Waals surface area (Å²) < 4.78 is 11.5. The van der Waals surface area contributed by atoms with Crippen molar-refractivity contribution in [2.45, 2.75) is 33.0 Å². The van der Waals surface area contributed by atoms with Gasteiger partial charge < -0.3 is 14.3 Å². The van der Waals surface area contributed by atoms with Crippen LogP contribution in [0.4, 0.5) is 0 Å². The van der Waals surface area contributed by atoms with Crippen LogP contribution in [0.5, 0.6) is 11.5 Å². The summed E-state index contributed by atoms with van der Waals surface area (Å²) in [7, 11) is 0. The largest absolute Gasteiger partial charge is 0.449 e. The average Bonchev–Trinajstić information content (AvgIpc) is 2.84. The average molecular weight is 259 g/mol. The Morgan fingerprint density at radius 3 is 2.37 bits per heavy atom. The fraction of sp³-hybridized carbons (Fsp3) is 0.467. The van der Waals surface area contributed by atoms with E-state index in [0.717, 1.165) is 6.29 Å². The summed E-state index contributed by atoms with van der Waals surface area (Å²) >= 11 is 0. The molecule has 2 rings (SSSR count). The van der Waals surface area contributed by atoms with Gasteiger partial charge in [0.2, 0.25) is 0 Å². The molecule has 1 unspecified atom stereocenters. The van der Waals surface area contributed by atoms with Gasteiger partial charge >= 0.3 is 0 Å². The summed E-state index contributed by atoms with van der Waals surface area (Å²) in [6.07, 6.45) is 0.931. The second-order valence-electron chi connectivity index (χ2n) is 5.03. The van der Waals surface area contributed by atoms with E-state index in [1.807, 2.05) is 38.1 Å². The molecule has 0 aliphatic carbocycles. The van der Waals surface area contributed by atoms with Gasteiger partial charge in [0.25, 0.3) is 6.29 Å². The number of rotatable bonds is 5. The van der Waals surface area contributed by atoms with E-state index in [-0.39, 0.29) is 5.92 Å². The normalized spacial score (nSPS) is 16.9. The number of nitrogens with zero attached hydrogens (tertiary/aromatic N) is 1. The summed E-state index contributed by atoms with van der Waals surface area (Å²) in [5, 5.41) is 9.59. The SMILES string of the molecule is CC(C)C(C#N)(CCC=O)C1Oc2ccccc2O1. The van der Waals surface area contributed by atoms with Crippen LogP contribution < -0.4 is 9.47 Å². The van der Waals surface area contributed by atoms with Crippen molar-refractivity contribution < 1.29 is 14.3 Å². The number of para-hydroxylation sites is 2. The van der Waals surface area contributed by atoms with E-state index in [1.54, 1.807) is 0 Å². The lowest BCUT2D eigenvalue weighted by Crippen LogP contribution is -2.44. The maximum absolute atomic E-state index is 10.6. The highest BCUT2D eigenvalue weighted by Gasteiger charge is 2.48. The van der Waals surface area contributed by atoms with Crippen molar-refractivity contribution >= 4 is 6.29 Å². The highest BCUT2D eigenvalue weighted by atomic mass is 16.7. The lowest BCUT2D eigenvalue weighted by atomic mass is 9.74. The molecule has 1 aliphatic heterocycles. The van der Waals surface area contributed by atoms with Gasteiger partial charge in [-0.2, -0.15) is 5.26 Å². The number of ether oxygens (including phenoxy) is 2. The van der Waals surface area contributed by atoms with Crippen LogP contribution in [-0.2, 0) is 4.79 Å². The molecule has 0 radical (unpaired) electrons. The molecule has 0 spiro atoms. The van der Waals surface area contributed by atoms with Crippen molar-refractivity contribution in [1.82, 2.24) is 0 Å². The third-order valence-corrected chi connectivity index (χ3v) is 3.65. The summed E-state index contributed by atoms with van der Waals surface area (Å²) in [4.78, 5) is 10.6. The van der Waals surface area contributed by atoms with E-state index in [0.29, 0.717) is 24.3 Å². The highest BCUT2D eigenvalue weighted by Crippen LogP contribution is 2.45. The Hall–Kier alpha value is -2.02. The number of benzene rings is 1. The molecule has 100 valence electrons. The summed E-state index contributed by atoms with van der Waals surface area (Å²) in [6, 6.07) is 9.67. The topological polar surface area (TPSA) is 59.3 Å². The Bertz CT molecular complexity index is 481. The number of fused-ring (bicyclic) bond motifs is 1. The Morgan fingerprint density at radius 1 is 1.37 bits per heavy atom. The molecule has 0 aromatic heterocycles. The fourth-order valence-electron chi connectivity index (χ4n) is 2.32. The van der Waals surface area contributed by atoms with Gasteiger partial charge in [-0.05, 0) is 24.5 Å². The number of aldehydes is 1. The summed E-state index contributed by atoms with van der Waals surface area (Å²) in [6.45, 7) is 3.90. The Kier molecular flexibility index (Phi) is 3.75. The van der Waals surface area contributed by atoms with E-state index >= 15 is 0 Å². The standard InChI is InChI=1S/C15H17NO3/c1-11(2)15(10-16,8-5-9-17)14-18-12-6-3-4-7-13(12)19-14/h3-4,6-7,9,11,14H,5,8H2,1-2H3. The molecule has 1 heterocycles. The second kappa shape index (κ2) is 5.31. The van der Waals surface area contributed by atoms with E-state index in [2.05, 4.69) is 6.07 Å². The minimum absolute atomic E-state index is 0.0248. The third kappa shape index (κ3) is 2.28. The van der Waals surface area contributed by atoms with E-state index < -0.39 is 11.7 Å². The zero-order valence-electron chi connectivity index (χ0n) is 11.1. The van der Waals surface area contributed by atoms with Gasteiger partial charge in [0.15, 0.2) is 11.5 Å². The molecule has 1 atom stereocenters. The van der Waals surface area contributed by atoms with Crippen LogP contribution >= 0.6 is 0 Å². The minimum atomic E-state index is -0.820. The Morgan fingerprint density at radius 2 is 1.95 bits per heavy atom. The summed E-state index contributed by atoms with van der Waals surface area (Å²) in [5.41, 5.74) is -0.820. The van der Waals surface area contributed by atoms with Crippen molar-refractivity contribution in [2.75, 3.05) is 0 Å². The Labute approximate surface area is 112 Å². The van der Waals surface area contributed by atoms with Gasteiger partial charge in [-0.1, -0.05) is 26.0 Å². The van der Waals surface area contributed by atoms with Crippen molar-refractivity contribution in [3.63, 3.8) is 0 Å². The fourth-order valence-corrected chi connectivity index (χ4v) is 2.32. The molecule has 0 saturated carbocycles. The number of nitriles is 1. The van der Waals surface area contributed by atoms with Gasteiger partial charge in [0, 0.05) is 6.42 Å². The second-order valence-corrected chi connectivity index (χ2v) is 5.03. The van der Waals surface area contributed by atoms with Crippen molar-refractivity contribution in [3.8, 4) is 17.6 Å². The van der Waals surface area contributed by atoms with Crippen molar-refractivity contribution in [2.24, 2.45) is 11.3 Å². The van der Waals surface area contributed by atoms with E-state index in [1.165, 1.54) is 0 Å². The smallest absolute Gasteiger partial charge is 0.260 e. The molecule has 1 aromatic carbocycles. The first-order valence-electron chi connectivity index (χ1n) is 6.41. The zero-order chi connectivity index (χ0) is 13.9. The highest BCUT2D eigenvalue weighted by molar-refractivity contribution is 5.49. The maximum Gasteiger partial charge on any atom is 0.260 e. The van der Waals surface area contributed by atoms with Gasteiger partial charge in [-0.15, -0.1) is 0 Å². The Balaban J connectivity index is 2.27. The first-order chi connectivity index (χ1) is 9.14. The predicted octanol–water partition coefficient (Wildman–Crippen LogP) is 2.93. The van der Waals surface area contributed by atoms with Gasteiger partial charge in [-0.3, -0.25) is 0 Å². The molecule has 1 aromatic rings. The number of hydrogen-bond acceptors (Lipinski definition) is 4. The molecule has 0 fully saturated rings. The van der Waals surface area contributed by atoms with E-state index in [4.69, 9.17) is 9.47 Å². The summed E-state index contributed by atoms with van der Waals surface area (Å²) in [5.74, 6) is 1.33. The molecular formula is C15H17NO3. The van der Waals surface area contributed by atoms with Crippen LogP contribution in [0.25, 0.3) is 0 Å². The molecule has 1 aliphatic rings. The third-order valence-electron chi connectivity index (χ3n) is 3.65. The van der Waals surface area contributed by atoms with Crippen molar-refractivity contribution in [3.05, 3.63) is 24.3 Å². The zero-order valence-corrected chi connectivity index (χ0v) is 11.1. The minimum Gasteiger partial charge on any atom is -0.449 e. The molecule has 0 saturated heterocycles. The first kappa shape index (κ1) is 13.4. The lowest BCUT2D eigenvalue weighted by Gasteiger charge is -2.33. The first-order valence-corrected chi connectivity index (χ1v) is 6.41. The molecular weight excluding hydrogens is 242 g/mol. The molecule has 0 amide bonds. The molecule has 0 bridgehead atoms. The van der Waals surface area contributed by atoms with Crippen LogP contribution in [0, 0.1) is 22.7 Å². The molecule has 4 nitrogen and oxygen atoms in total. The lowest BCUT2D eigenvalue weighted by molar-refractivity contribution is -0.110. The van der Waals surface area contributed by atoms with Crippen LogP contribution in [0.2, 0.25) is 0 Å². The van der Waals surface area contributed by atoms with Crippen LogP contribution in [0.15, 0.2) is 24.3 Å². The van der Waals surface area contributed by atoms with Crippen LogP contribution in [0.1, 0.15) is 26.7 Å². The number of carbonyl (C=O) groups excluding carboxylic acids is 1. The quantitative estimate of drug-likeness (QED) is 0.763. The van der Waals surface area contributed by atoms with Gasteiger partial charge in [0.1, 0.15) is 11.7 Å². The molecule has 4 heteroatoms. The van der Waals surface area contributed by atoms with Gasteiger partial charge in [0.05, 0.1) is 6.07 Å². The maximum atomic E-state index is 10.6. The monoisotopic (exact) mass is 259 g/mol.